The van der Waals surface area contributed by atoms with Crippen LogP contribution in [0.3, 0.4) is 0 Å². The zero-order chi connectivity index (χ0) is 40.1. The number of benzene rings is 4. The number of rotatable bonds is 20. The third-order valence-corrected chi connectivity index (χ3v) is 19.0. The van der Waals surface area contributed by atoms with Gasteiger partial charge in [-0.1, -0.05) is 100 Å². The summed E-state index contributed by atoms with van der Waals surface area (Å²) in [6.45, 7) is 16.8. The van der Waals surface area contributed by atoms with Crippen molar-refractivity contribution in [2.24, 2.45) is 18.1 Å². The lowest BCUT2D eigenvalue weighted by atomic mass is 10.2. The lowest BCUT2D eigenvalue weighted by Gasteiger charge is -2.33. The first kappa shape index (κ1) is 44.0. The fraction of sp³-hybridized carbons (Fsp3) is 0.400. The Morgan fingerprint density at radius 3 is 0.714 bits per heavy atom. The first-order valence-electron chi connectivity index (χ1n) is 19.2. The van der Waals surface area contributed by atoms with Crippen LogP contribution in [0, 0.1) is 27.7 Å². The standard InChI is InChI=1S/C40H56N4O8P4/c1-9-29-45-53(49-37-25-17-13-21-33(37)5)41-54(46-30-10-2,50-38-26-18-14-22-34(38)6)43-56(48-32-12-4,52-40-28-20-16-24-36(40)8)44-55(42-53,47-31-11-3)51-39-27-19-15-23-35(39)7/h13-28H,9-12,29-32H2,1-8H3. The smallest absolute Gasteiger partial charge is 0.404 e. The molecule has 0 N–H and O–H groups in total. The zero-order valence-electron chi connectivity index (χ0n) is 33.7. The predicted molar refractivity (Wildman–Crippen MR) is 230 cm³/mol. The highest BCUT2D eigenvalue weighted by atomic mass is 31.3. The van der Waals surface area contributed by atoms with Crippen molar-refractivity contribution >= 4 is 30.6 Å². The first-order valence-corrected chi connectivity index (χ1v) is 25.3. The Morgan fingerprint density at radius 1 is 0.339 bits per heavy atom. The summed E-state index contributed by atoms with van der Waals surface area (Å²) in [7, 11) is -15.8. The predicted octanol–water partition coefficient (Wildman–Crippen LogP) is 15.0. The van der Waals surface area contributed by atoms with Crippen molar-refractivity contribution in [3.63, 3.8) is 0 Å². The van der Waals surface area contributed by atoms with Crippen molar-refractivity contribution in [3.05, 3.63) is 119 Å². The maximum Gasteiger partial charge on any atom is 0.404 e. The summed E-state index contributed by atoms with van der Waals surface area (Å²) in [5, 5.41) is 0. The molecule has 0 bridgehead atoms. The van der Waals surface area contributed by atoms with Gasteiger partial charge < -0.3 is 18.1 Å². The lowest BCUT2D eigenvalue weighted by Crippen LogP contribution is -2.09. The van der Waals surface area contributed by atoms with E-state index in [1.165, 1.54) is 0 Å². The Labute approximate surface area is 333 Å². The monoisotopic (exact) mass is 844 g/mol. The van der Waals surface area contributed by atoms with Gasteiger partial charge in [0.05, 0.1) is 26.4 Å². The van der Waals surface area contributed by atoms with Crippen LogP contribution < -0.4 is 18.1 Å². The van der Waals surface area contributed by atoms with Gasteiger partial charge in [0.15, 0.2) is 0 Å². The van der Waals surface area contributed by atoms with E-state index in [0.717, 1.165) is 22.3 Å². The molecule has 1 heterocycles. The number of hydrogen-bond donors (Lipinski definition) is 0. The van der Waals surface area contributed by atoms with Gasteiger partial charge in [-0.2, -0.15) is 0 Å². The molecule has 0 spiro atoms. The molecule has 0 saturated heterocycles. The summed E-state index contributed by atoms with van der Waals surface area (Å²) >= 11 is 0. The molecule has 0 unspecified atom stereocenters. The molecule has 0 aliphatic carbocycles. The second kappa shape index (κ2) is 20.5. The van der Waals surface area contributed by atoms with Crippen LogP contribution in [-0.4, -0.2) is 26.4 Å². The maximum atomic E-state index is 7.01. The van der Waals surface area contributed by atoms with E-state index in [0.29, 0.717) is 48.7 Å². The fourth-order valence-corrected chi connectivity index (χ4v) is 18.1. The molecule has 16 heteroatoms. The van der Waals surface area contributed by atoms with Gasteiger partial charge in [0.1, 0.15) is 23.0 Å². The molecule has 0 fully saturated rings. The Bertz CT molecular complexity index is 1840. The summed E-state index contributed by atoms with van der Waals surface area (Å²) in [6, 6.07) is 30.6. The third kappa shape index (κ3) is 11.5. The SMILES string of the molecule is CCCOP1(Oc2ccccc2C)=NP(OCCC)(Oc2ccccc2C)=NP(OCCC)(Oc2ccccc2C)=NP(OCCC)(Oc2ccccc2C)=N1. The lowest BCUT2D eigenvalue weighted by molar-refractivity contribution is 0.282. The van der Waals surface area contributed by atoms with Gasteiger partial charge in [-0.05, 0) is 99.9 Å². The molecule has 0 aromatic heterocycles. The van der Waals surface area contributed by atoms with E-state index in [-0.39, 0.29) is 26.4 Å². The van der Waals surface area contributed by atoms with E-state index in [2.05, 4.69) is 0 Å². The summed E-state index contributed by atoms with van der Waals surface area (Å²) in [6.07, 6.45) is 2.52. The van der Waals surface area contributed by atoms with Crippen molar-refractivity contribution in [2.75, 3.05) is 26.4 Å². The second-order valence-corrected chi connectivity index (χ2v) is 21.6. The van der Waals surface area contributed by atoms with Crippen LogP contribution in [0.1, 0.15) is 75.6 Å². The van der Waals surface area contributed by atoms with Gasteiger partial charge in [-0.3, -0.25) is 18.1 Å². The minimum Gasteiger partial charge on any atom is -0.422 e. The van der Waals surface area contributed by atoms with Gasteiger partial charge in [-0.15, -0.1) is 18.1 Å². The van der Waals surface area contributed by atoms with Crippen LogP contribution in [0.25, 0.3) is 0 Å². The van der Waals surface area contributed by atoms with Gasteiger partial charge in [-0.25, -0.2) is 0 Å². The van der Waals surface area contributed by atoms with Crippen molar-refractivity contribution in [1.82, 2.24) is 0 Å². The average molecular weight is 845 g/mol. The molecule has 5 rings (SSSR count). The highest BCUT2D eigenvalue weighted by molar-refractivity contribution is 7.79. The number of hydrogen-bond acceptors (Lipinski definition) is 12. The van der Waals surface area contributed by atoms with E-state index in [1.54, 1.807) is 0 Å². The van der Waals surface area contributed by atoms with E-state index < -0.39 is 30.6 Å². The van der Waals surface area contributed by atoms with Crippen molar-refractivity contribution < 1.29 is 36.2 Å². The summed E-state index contributed by atoms with van der Waals surface area (Å²) in [5.41, 5.74) is 3.39. The highest BCUT2D eigenvalue weighted by Gasteiger charge is 2.46. The number of aryl methyl sites for hydroxylation is 4. The third-order valence-electron chi connectivity index (χ3n) is 8.00. The highest BCUT2D eigenvalue weighted by Crippen LogP contribution is 2.80. The Balaban J connectivity index is 2.03. The molecule has 1 aliphatic heterocycles. The Kier molecular flexibility index (Phi) is 16.1. The van der Waals surface area contributed by atoms with Gasteiger partial charge in [0.2, 0.25) is 0 Å². The maximum absolute atomic E-state index is 7.01. The molecule has 0 atom stereocenters. The first-order chi connectivity index (χ1) is 27.0. The fourth-order valence-electron chi connectivity index (χ4n) is 5.09. The summed E-state index contributed by atoms with van der Waals surface area (Å²) in [4.78, 5) is 0. The minimum atomic E-state index is -3.96. The van der Waals surface area contributed by atoms with Crippen LogP contribution in [0.15, 0.2) is 115 Å². The average Bonchev–Trinajstić information content (AvgIpc) is 3.18. The molecular formula is C40H56N4O8P4. The van der Waals surface area contributed by atoms with Crippen LogP contribution >= 0.6 is 30.6 Å². The second-order valence-electron chi connectivity index (χ2n) is 13.1. The van der Waals surface area contributed by atoms with E-state index in [9.17, 15) is 0 Å². The Hall–Kier alpha value is -3.16. The molecule has 4 aromatic carbocycles. The van der Waals surface area contributed by atoms with Crippen LogP contribution in [0.5, 0.6) is 23.0 Å². The molecule has 0 radical (unpaired) electrons. The van der Waals surface area contributed by atoms with Crippen LogP contribution in [-0.2, 0) is 18.1 Å². The molecule has 0 amide bonds. The van der Waals surface area contributed by atoms with E-state index in [4.69, 9.17) is 54.3 Å². The van der Waals surface area contributed by atoms with Crippen molar-refractivity contribution in [3.8, 4) is 23.0 Å². The number of para-hydroxylation sites is 4. The molecular weight excluding hydrogens is 788 g/mol. The quantitative estimate of drug-likeness (QED) is 0.0806. The van der Waals surface area contributed by atoms with Gasteiger partial charge in [0.25, 0.3) is 0 Å². The molecule has 56 heavy (non-hydrogen) atoms. The zero-order valence-corrected chi connectivity index (χ0v) is 37.3. The summed E-state index contributed by atoms with van der Waals surface area (Å²) in [5.74, 6) is 2.05. The largest absolute Gasteiger partial charge is 0.422 e. The normalized spacial score (nSPS) is 23.3. The van der Waals surface area contributed by atoms with Crippen molar-refractivity contribution in [1.29, 1.82) is 0 Å². The van der Waals surface area contributed by atoms with E-state index in [1.807, 2.05) is 152 Å². The molecule has 1 aliphatic rings. The van der Waals surface area contributed by atoms with Crippen LogP contribution in [0.2, 0.25) is 0 Å². The van der Waals surface area contributed by atoms with Gasteiger partial charge >= 0.3 is 30.6 Å². The molecule has 4 aromatic rings. The summed E-state index contributed by atoms with van der Waals surface area (Å²) < 4.78 is 77.1. The van der Waals surface area contributed by atoms with Crippen molar-refractivity contribution in [2.45, 2.75) is 81.1 Å². The number of nitrogens with zero attached hydrogens (tertiary/aromatic N) is 4. The minimum absolute atomic E-state index is 0.231. The molecule has 0 saturated carbocycles. The van der Waals surface area contributed by atoms with E-state index >= 15 is 0 Å². The Morgan fingerprint density at radius 2 is 0.536 bits per heavy atom. The topological polar surface area (TPSA) is 123 Å². The molecule has 12 nitrogen and oxygen atoms in total. The van der Waals surface area contributed by atoms with Gasteiger partial charge in [0, 0.05) is 0 Å². The molecule has 304 valence electrons. The van der Waals surface area contributed by atoms with Crippen LogP contribution in [0.4, 0.5) is 0 Å².